The van der Waals surface area contributed by atoms with Gasteiger partial charge in [-0.15, -0.1) is 0 Å². The molecular formula is C17H22N6O. The molecule has 2 heterocycles. The first-order chi connectivity index (χ1) is 11.7. The fourth-order valence-electron chi connectivity index (χ4n) is 2.76. The zero-order chi connectivity index (χ0) is 16.9. The maximum atomic E-state index is 12.3. The van der Waals surface area contributed by atoms with E-state index in [-0.39, 0.29) is 11.9 Å². The highest BCUT2D eigenvalue weighted by atomic mass is 16.1. The van der Waals surface area contributed by atoms with Crippen molar-refractivity contribution >= 4 is 16.9 Å². The van der Waals surface area contributed by atoms with E-state index in [4.69, 9.17) is 0 Å². The summed E-state index contributed by atoms with van der Waals surface area (Å²) in [6.07, 6.45) is 3.27. The second kappa shape index (κ2) is 7.25. The number of carbonyl (C=O) groups is 1. The maximum Gasteiger partial charge on any atom is 0.221 e. The van der Waals surface area contributed by atoms with Gasteiger partial charge in [-0.3, -0.25) is 4.79 Å². The smallest absolute Gasteiger partial charge is 0.221 e. The largest absolute Gasteiger partial charge is 0.346 e. The van der Waals surface area contributed by atoms with Gasteiger partial charge in [-0.2, -0.15) is 5.10 Å². The Labute approximate surface area is 140 Å². The molecule has 0 bridgehead atoms. The van der Waals surface area contributed by atoms with Crippen LogP contribution in [0.15, 0.2) is 30.6 Å². The van der Waals surface area contributed by atoms with Crippen LogP contribution in [-0.4, -0.2) is 30.6 Å². The molecule has 3 rings (SSSR count). The molecule has 7 nitrogen and oxygen atoms in total. The van der Waals surface area contributed by atoms with Crippen LogP contribution in [0, 0.1) is 0 Å². The first kappa shape index (κ1) is 16.2. The summed E-state index contributed by atoms with van der Waals surface area (Å²) in [5, 5.41) is 7.21. The second-order valence-electron chi connectivity index (χ2n) is 5.66. The van der Waals surface area contributed by atoms with E-state index in [1.165, 1.54) is 6.33 Å². The molecule has 2 N–H and O–H groups in total. The van der Waals surface area contributed by atoms with Crippen LogP contribution in [0.3, 0.4) is 0 Å². The first-order valence-corrected chi connectivity index (χ1v) is 8.32. The molecule has 1 atom stereocenters. The average Bonchev–Trinajstić information content (AvgIpc) is 3.23. The van der Waals surface area contributed by atoms with Gasteiger partial charge in [-0.25, -0.2) is 14.6 Å². The lowest BCUT2D eigenvalue weighted by Gasteiger charge is -2.16. The topological polar surface area (TPSA) is 88.5 Å². The molecule has 0 radical (unpaired) electrons. The van der Waals surface area contributed by atoms with E-state index in [1.807, 2.05) is 42.8 Å². The minimum absolute atomic E-state index is 0.00652. The van der Waals surface area contributed by atoms with Crippen molar-refractivity contribution in [2.24, 2.45) is 0 Å². The van der Waals surface area contributed by atoms with Crippen molar-refractivity contribution in [2.45, 2.75) is 45.7 Å². The quantitative estimate of drug-likeness (QED) is 0.697. The molecule has 0 unspecified atom stereocenters. The summed E-state index contributed by atoms with van der Waals surface area (Å²) in [6, 6.07) is 7.74. The number of benzene rings is 1. The van der Waals surface area contributed by atoms with E-state index in [0.717, 1.165) is 35.6 Å². The van der Waals surface area contributed by atoms with Crippen LogP contribution in [0.2, 0.25) is 0 Å². The molecule has 126 valence electrons. The van der Waals surface area contributed by atoms with Crippen LogP contribution in [0.25, 0.3) is 11.0 Å². The van der Waals surface area contributed by atoms with Crippen molar-refractivity contribution < 1.29 is 4.79 Å². The van der Waals surface area contributed by atoms with E-state index in [1.54, 1.807) is 0 Å². The molecule has 2 aromatic heterocycles. The van der Waals surface area contributed by atoms with Gasteiger partial charge in [0.25, 0.3) is 0 Å². The molecule has 0 aliphatic heterocycles. The number of amides is 1. The van der Waals surface area contributed by atoms with Gasteiger partial charge < -0.3 is 10.3 Å². The fraction of sp³-hybridized carbons (Fsp3) is 0.412. The number of rotatable bonds is 7. The molecule has 0 saturated carbocycles. The minimum Gasteiger partial charge on any atom is -0.346 e. The standard InChI is InChI=1S/C17H22N6O/c1-3-12(17-18-11-19-23(17)4-2)22-16(24)10-9-15-20-13-7-5-6-8-14(13)21-15/h5-8,11-12H,3-4,9-10H2,1-2H3,(H,20,21)(H,22,24)/t12-/m0/s1. The van der Waals surface area contributed by atoms with Gasteiger partial charge in [0.15, 0.2) is 0 Å². The van der Waals surface area contributed by atoms with Crippen molar-refractivity contribution in [1.82, 2.24) is 30.0 Å². The van der Waals surface area contributed by atoms with Crippen molar-refractivity contribution in [3.63, 3.8) is 0 Å². The molecule has 0 saturated heterocycles. The lowest BCUT2D eigenvalue weighted by atomic mass is 10.2. The Morgan fingerprint density at radius 3 is 2.92 bits per heavy atom. The summed E-state index contributed by atoms with van der Waals surface area (Å²) in [7, 11) is 0. The van der Waals surface area contributed by atoms with Gasteiger partial charge in [-0.05, 0) is 25.5 Å². The number of aromatic nitrogens is 5. The number of aromatic amines is 1. The number of nitrogens with one attached hydrogen (secondary N) is 2. The third kappa shape index (κ3) is 3.45. The third-order valence-corrected chi connectivity index (χ3v) is 4.03. The zero-order valence-corrected chi connectivity index (χ0v) is 14.0. The van der Waals surface area contributed by atoms with E-state index in [9.17, 15) is 4.79 Å². The normalized spacial score (nSPS) is 12.4. The SMILES string of the molecule is CC[C@H](NC(=O)CCc1nc2ccccc2[nH]1)c1ncnn1CC. The average molecular weight is 326 g/mol. The molecule has 0 aliphatic carbocycles. The van der Waals surface area contributed by atoms with Crippen molar-refractivity contribution in [1.29, 1.82) is 0 Å². The lowest BCUT2D eigenvalue weighted by Crippen LogP contribution is -2.30. The van der Waals surface area contributed by atoms with E-state index >= 15 is 0 Å². The molecule has 0 fully saturated rings. The Balaban J connectivity index is 1.60. The second-order valence-corrected chi connectivity index (χ2v) is 5.66. The Morgan fingerprint density at radius 1 is 1.33 bits per heavy atom. The number of aryl methyl sites for hydroxylation is 2. The number of hydrogen-bond acceptors (Lipinski definition) is 4. The Morgan fingerprint density at radius 2 is 2.17 bits per heavy atom. The molecular weight excluding hydrogens is 304 g/mol. The van der Waals surface area contributed by atoms with Gasteiger partial charge in [0.1, 0.15) is 18.0 Å². The minimum atomic E-state index is -0.115. The summed E-state index contributed by atoms with van der Waals surface area (Å²) < 4.78 is 1.81. The van der Waals surface area contributed by atoms with Gasteiger partial charge in [0, 0.05) is 19.4 Å². The molecule has 0 spiro atoms. The predicted molar refractivity (Wildman–Crippen MR) is 91.3 cm³/mol. The molecule has 3 aromatic rings. The van der Waals surface area contributed by atoms with Crippen LogP contribution in [0.5, 0.6) is 0 Å². The van der Waals surface area contributed by atoms with Crippen molar-refractivity contribution in [3.8, 4) is 0 Å². The number of para-hydroxylation sites is 2. The van der Waals surface area contributed by atoms with Crippen molar-refractivity contribution in [2.75, 3.05) is 0 Å². The van der Waals surface area contributed by atoms with Crippen LogP contribution >= 0.6 is 0 Å². The fourth-order valence-corrected chi connectivity index (χ4v) is 2.76. The van der Waals surface area contributed by atoms with Gasteiger partial charge in [0.2, 0.25) is 5.91 Å². The van der Waals surface area contributed by atoms with E-state index in [2.05, 4.69) is 25.4 Å². The number of nitrogens with zero attached hydrogens (tertiary/aromatic N) is 4. The highest BCUT2D eigenvalue weighted by molar-refractivity contribution is 5.77. The van der Waals surface area contributed by atoms with E-state index < -0.39 is 0 Å². The monoisotopic (exact) mass is 326 g/mol. The number of imidazole rings is 1. The first-order valence-electron chi connectivity index (χ1n) is 8.32. The van der Waals surface area contributed by atoms with Crippen LogP contribution in [0.4, 0.5) is 0 Å². The van der Waals surface area contributed by atoms with Crippen molar-refractivity contribution in [3.05, 3.63) is 42.2 Å². The number of carbonyl (C=O) groups excluding carboxylic acids is 1. The maximum absolute atomic E-state index is 12.3. The number of fused-ring (bicyclic) bond motifs is 1. The summed E-state index contributed by atoms with van der Waals surface area (Å²) >= 11 is 0. The van der Waals surface area contributed by atoms with Gasteiger partial charge in [0.05, 0.1) is 17.1 Å². The summed E-state index contributed by atoms with van der Waals surface area (Å²) in [6.45, 7) is 4.77. The predicted octanol–water partition coefficient (Wildman–Crippen LogP) is 2.37. The Hall–Kier alpha value is -2.70. The number of H-pyrrole nitrogens is 1. The van der Waals surface area contributed by atoms with Gasteiger partial charge >= 0.3 is 0 Å². The van der Waals surface area contributed by atoms with Crippen LogP contribution in [0.1, 0.15) is 44.4 Å². The summed E-state index contributed by atoms with van der Waals surface area (Å²) in [4.78, 5) is 24.3. The Kier molecular flexibility index (Phi) is 4.88. The zero-order valence-electron chi connectivity index (χ0n) is 14.0. The molecule has 1 aromatic carbocycles. The highest BCUT2D eigenvalue weighted by Gasteiger charge is 2.18. The van der Waals surface area contributed by atoms with E-state index in [0.29, 0.717) is 12.8 Å². The molecule has 0 aliphatic rings. The third-order valence-electron chi connectivity index (χ3n) is 4.03. The molecule has 24 heavy (non-hydrogen) atoms. The summed E-state index contributed by atoms with van der Waals surface area (Å²) in [5.74, 6) is 1.63. The Bertz CT molecular complexity index is 788. The summed E-state index contributed by atoms with van der Waals surface area (Å²) in [5.41, 5.74) is 1.92. The van der Waals surface area contributed by atoms with Crippen LogP contribution < -0.4 is 5.32 Å². The highest BCUT2D eigenvalue weighted by Crippen LogP contribution is 2.15. The number of hydrogen-bond donors (Lipinski definition) is 2. The van der Waals surface area contributed by atoms with Gasteiger partial charge in [-0.1, -0.05) is 19.1 Å². The molecule has 1 amide bonds. The van der Waals surface area contributed by atoms with Crippen LogP contribution in [-0.2, 0) is 17.8 Å². The lowest BCUT2D eigenvalue weighted by molar-refractivity contribution is -0.121. The molecule has 7 heteroatoms.